The molecule has 0 saturated carbocycles. The first-order valence-electron chi connectivity index (χ1n) is 12.7. The zero-order valence-corrected chi connectivity index (χ0v) is 24.2. The summed E-state index contributed by atoms with van der Waals surface area (Å²) in [6, 6.07) is 46.5. The van der Waals surface area contributed by atoms with Gasteiger partial charge in [0.05, 0.1) is 6.66 Å². The number of hydrogen-bond donors (Lipinski definition) is 0. The molecule has 5 heteroatoms. The first kappa shape index (κ1) is 28.3. The first-order valence-corrected chi connectivity index (χ1v) is 14.9. The molecule has 0 aliphatic carbocycles. The van der Waals surface area contributed by atoms with Gasteiger partial charge in [-0.3, -0.25) is 0 Å². The topological polar surface area (TPSA) is 35.5 Å². The Hall–Kier alpha value is -3.72. The van der Waals surface area contributed by atoms with Crippen LogP contribution in [0.3, 0.4) is 0 Å². The summed E-state index contributed by atoms with van der Waals surface area (Å²) >= 11 is 0. The van der Waals surface area contributed by atoms with Gasteiger partial charge in [0.15, 0.2) is 0 Å². The van der Waals surface area contributed by atoms with Crippen molar-refractivity contribution in [1.82, 2.24) is 0 Å². The molecule has 0 unspecified atom stereocenters. The second-order valence-corrected chi connectivity index (χ2v) is 12.7. The maximum absolute atomic E-state index is 13.9. The van der Waals surface area contributed by atoms with Gasteiger partial charge in [0.1, 0.15) is 47.7 Å². The normalized spacial score (nSPS) is 10.8. The van der Waals surface area contributed by atoms with Gasteiger partial charge in [-0.05, 0) is 47.5 Å². The standard InChI is InChI=1S/C34H30O3P.BrH/c1-38(29-19-10-4-11-20-29,30-21-12-5-13-22-30)32-24-14-23-31(36-25-27-15-6-2-7-16-27)33(32)34(35)37-26-28-17-8-3-9-18-28;/h2-24H,25-26H2,1H3;1H/q+1;/p-1. The third-order valence-corrected chi connectivity index (χ3v) is 10.7. The van der Waals surface area contributed by atoms with Crippen molar-refractivity contribution in [2.75, 3.05) is 6.66 Å². The molecule has 3 nitrogen and oxygen atoms in total. The van der Waals surface area contributed by atoms with Crippen LogP contribution >= 0.6 is 7.26 Å². The molecule has 5 rings (SSSR count). The minimum atomic E-state index is -2.22. The molecule has 0 aromatic heterocycles. The summed E-state index contributed by atoms with van der Waals surface area (Å²) in [7, 11) is -2.22. The van der Waals surface area contributed by atoms with Crippen molar-refractivity contribution < 1.29 is 31.2 Å². The quantitative estimate of drug-likeness (QED) is 0.193. The molecular formula is C34H30BrO3P. The largest absolute Gasteiger partial charge is 1.00 e. The summed E-state index contributed by atoms with van der Waals surface area (Å²) in [5.41, 5.74) is 2.46. The molecule has 0 aliphatic heterocycles. The highest BCUT2D eigenvalue weighted by atomic mass is 79.9. The van der Waals surface area contributed by atoms with Gasteiger partial charge < -0.3 is 26.5 Å². The maximum atomic E-state index is 13.9. The van der Waals surface area contributed by atoms with Crippen molar-refractivity contribution >= 4 is 29.1 Å². The Morgan fingerprint density at radius 1 is 0.590 bits per heavy atom. The Labute approximate surface area is 241 Å². The third kappa shape index (κ3) is 6.47. The highest BCUT2D eigenvalue weighted by Crippen LogP contribution is 2.53. The highest BCUT2D eigenvalue weighted by molar-refractivity contribution is 7.95. The molecule has 5 aromatic rings. The first-order chi connectivity index (χ1) is 18.7. The van der Waals surface area contributed by atoms with Crippen molar-refractivity contribution in [2.24, 2.45) is 0 Å². The third-order valence-electron chi connectivity index (χ3n) is 6.69. The number of esters is 1. The van der Waals surface area contributed by atoms with Crippen molar-refractivity contribution in [2.45, 2.75) is 13.2 Å². The van der Waals surface area contributed by atoms with E-state index in [1.54, 1.807) is 0 Å². The van der Waals surface area contributed by atoms with Crippen LogP contribution in [-0.2, 0) is 18.0 Å². The van der Waals surface area contributed by atoms with E-state index in [1.165, 1.54) is 10.6 Å². The summed E-state index contributed by atoms with van der Waals surface area (Å²) in [5, 5.41) is 3.31. The average molecular weight is 597 g/mol. The van der Waals surface area contributed by atoms with Crippen LogP contribution in [0.4, 0.5) is 0 Å². The van der Waals surface area contributed by atoms with E-state index < -0.39 is 7.26 Å². The van der Waals surface area contributed by atoms with E-state index >= 15 is 0 Å². The molecule has 0 radical (unpaired) electrons. The molecule has 0 fully saturated rings. The zero-order valence-electron chi connectivity index (χ0n) is 21.7. The van der Waals surface area contributed by atoms with Crippen LogP contribution in [0.2, 0.25) is 0 Å². The fourth-order valence-electron chi connectivity index (χ4n) is 4.63. The predicted molar refractivity (Wildman–Crippen MR) is 157 cm³/mol. The molecule has 0 amide bonds. The van der Waals surface area contributed by atoms with Gasteiger partial charge >= 0.3 is 5.97 Å². The van der Waals surface area contributed by atoms with Gasteiger partial charge in [-0.25, -0.2) is 4.79 Å². The lowest BCUT2D eigenvalue weighted by molar-refractivity contribution is -0.0000268. The van der Waals surface area contributed by atoms with Gasteiger partial charge in [0.25, 0.3) is 0 Å². The summed E-state index contributed by atoms with van der Waals surface area (Å²) in [4.78, 5) is 13.9. The van der Waals surface area contributed by atoms with Crippen LogP contribution in [0.25, 0.3) is 0 Å². The Kier molecular flexibility index (Phi) is 9.70. The molecule has 39 heavy (non-hydrogen) atoms. The fraction of sp³-hybridized carbons (Fsp3) is 0.0882. The molecule has 0 atom stereocenters. The minimum absolute atomic E-state index is 0. The maximum Gasteiger partial charge on any atom is 0.346 e. The molecule has 0 saturated heterocycles. The van der Waals surface area contributed by atoms with E-state index in [0.717, 1.165) is 16.4 Å². The van der Waals surface area contributed by atoms with Gasteiger partial charge in [0, 0.05) is 0 Å². The van der Waals surface area contributed by atoms with Crippen LogP contribution in [0.15, 0.2) is 140 Å². The van der Waals surface area contributed by atoms with Crippen molar-refractivity contribution in [3.8, 4) is 5.75 Å². The van der Waals surface area contributed by atoms with E-state index in [0.29, 0.717) is 17.9 Å². The van der Waals surface area contributed by atoms with Crippen LogP contribution in [0.1, 0.15) is 21.5 Å². The van der Waals surface area contributed by atoms with E-state index in [2.05, 4.69) is 61.3 Å². The summed E-state index contributed by atoms with van der Waals surface area (Å²) in [6.07, 6.45) is 0. The minimum Gasteiger partial charge on any atom is -1.00 e. The molecule has 5 aromatic carbocycles. The van der Waals surface area contributed by atoms with Crippen LogP contribution < -0.4 is 37.6 Å². The van der Waals surface area contributed by atoms with Crippen LogP contribution in [0, 0.1) is 0 Å². The monoisotopic (exact) mass is 596 g/mol. The Morgan fingerprint density at radius 3 is 1.56 bits per heavy atom. The number of carbonyl (C=O) groups is 1. The van der Waals surface area contributed by atoms with E-state index in [1.807, 2.05) is 84.9 Å². The van der Waals surface area contributed by atoms with E-state index in [4.69, 9.17) is 9.47 Å². The predicted octanol–water partition coefficient (Wildman–Crippen LogP) is 3.55. The summed E-state index contributed by atoms with van der Waals surface area (Å²) in [6.45, 7) is 2.81. The Balaban J connectivity index is 0.00000353. The van der Waals surface area contributed by atoms with Gasteiger partial charge in [-0.2, -0.15) is 0 Å². The number of carbonyl (C=O) groups excluding carboxylic acids is 1. The van der Waals surface area contributed by atoms with Gasteiger partial charge in [0.2, 0.25) is 0 Å². The lowest BCUT2D eigenvalue weighted by Crippen LogP contribution is -3.00. The molecule has 0 bridgehead atoms. The number of hydrogen-bond acceptors (Lipinski definition) is 3. The average Bonchev–Trinajstić information content (AvgIpc) is 3.00. The highest BCUT2D eigenvalue weighted by Gasteiger charge is 2.44. The van der Waals surface area contributed by atoms with Crippen molar-refractivity contribution in [1.29, 1.82) is 0 Å². The SMILES string of the molecule is C[P+](c1ccccc1)(c1ccccc1)c1cccc(OCc2ccccc2)c1C(=O)OCc1ccccc1.[Br-]. The second kappa shape index (κ2) is 13.4. The fourth-order valence-corrected chi connectivity index (χ4v) is 8.05. The lowest BCUT2D eigenvalue weighted by Gasteiger charge is -2.26. The number of rotatable bonds is 9. The van der Waals surface area contributed by atoms with Crippen molar-refractivity contribution in [3.05, 3.63) is 156 Å². The van der Waals surface area contributed by atoms with Crippen molar-refractivity contribution in [3.63, 3.8) is 0 Å². The smallest absolute Gasteiger partial charge is 0.346 e. The van der Waals surface area contributed by atoms with E-state index in [9.17, 15) is 4.79 Å². The van der Waals surface area contributed by atoms with Gasteiger partial charge in [-0.15, -0.1) is 0 Å². The molecule has 0 spiro atoms. The molecule has 0 aliphatic rings. The number of halogens is 1. The second-order valence-electron chi connectivity index (χ2n) is 9.16. The summed E-state index contributed by atoms with van der Waals surface area (Å²) in [5.74, 6) is 0.146. The molecule has 0 heterocycles. The van der Waals surface area contributed by atoms with Gasteiger partial charge in [-0.1, -0.05) is 103 Å². The van der Waals surface area contributed by atoms with Crippen LogP contribution in [-0.4, -0.2) is 12.6 Å². The molecule has 0 N–H and O–H groups in total. The lowest BCUT2D eigenvalue weighted by atomic mass is 10.2. The van der Waals surface area contributed by atoms with Crippen LogP contribution in [0.5, 0.6) is 5.75 Å². The number of benzene rings is 5. The Morgan fingerprint density at radius 2 is 1.05 bits per heavy atom. The molecular weight excluding hydrogens is 567 g/mol. The van der Waals surface area contributed by atoms with E-state index in [-0.39, 0.29) is 29.6 Å². The zero-order chi connectivity index (χ0) is 26.2. The Bertz CT molecular complexity index is 1440. The number of ether oxygens (including phenoxy) is 2. The molecule has 196 valence electrons. The summed E-state index contributed by atoms with van der Waals surface area (Å²) < 4.78 is 12.2.